The summed E-state index contributed by atoms with van der Waals surface area (Å²) in [7, 11) is 0. The number of aliphatic hydroxyl groups excluding tert-OH is 3. The molecule has 230 valence electrons. The van der Waals surface area contributed by atoms with Crippen molar-refractivity contribution in [2.45, 2.75) is 57.4 Å². The minimum Gasteiger partial charge on any atom is -0.394 e. The Kier molecular flexibility index (Phi) is 15.0. The van der Waals surface area contributed by atoms with Gasteiger partial charge in [0.25, 0.3) is 0 Å². The molecule has 0 aromatic rings. The second kappa shape index (κ2) is 17.6. The summed E-state index contributed by atoms with van der Waals surface area (Å²) in [5, 5.41) is 42.9. The van der Waals surface area contributed by atoms with Crippen LogP contribution < -0.4 is 37.6 Å². The third-order valence-corrected chi connectivity index (χ3v) is 6.04. The van der Waals surface area contributed by atoms with E-state index in [-0.39, 0.29) is 13.0 Å². The first kappa shape index (κ1) is 34.9. The molecule has 0 aromatic heterocycles. The minimum atomic E-state index is -1.64. The summed E-state index contributed by atoms with van der Waals surface area (Å²) in [6.07, 6.45) is 2.64. The van der Waals surface area contributed by atoms with Crippen LogP contribution in [0.4, 0.5) is 0 Å². The summed E-state index contributed by atoms with van der Waals surface area (Å²) in [5.41, 5.74) is 5.88. The zero-order valence-corrected chi connectivity index (χ0v) is 23.2. The van der Waals surface area contributed by atoms with E-state index >= 15 is 0 Å². The van der Waals surface area contributed by atoms with E-state index in [4.69, 9.17) is 5.73 Å². The molecule has 6 amide bonds. The van der Waals surface area contributed by atoms with E-state index in [2.05, 4.69) is 36.9 Å². The van der Waals surface area contributed by atoms with Crippen LogP contribution in [0.25, 0.3) is 0 Å². The zero-order chi connectivity index (χ0) is 31.1. The Labute approximate surface area is 236 Å². The molecule has 1 aliphatic rings. The largest absolute Gasteiger partial charge is 0.394 e. The lowest BCUT2D eigenvalue weighted by Gasteiger charge is -2.27. The minimum absolute atomic E-state index is 0.0754. The van der Waals surface area contributed by atoms with Crippen LogP contribution in [0.1, 0.15) is 27.2 Å². The number of nitrogens with two attached hydrogens (primary N) is 1. The number of carbonyl (C=O) groups excluding carboxylic acids is 6. The van der Waals surface area contributed by atoms with Crippen molar-refractivity contribution in [1.29, 1.82) is 0 Å². The Bertz CT molecular complexity index is 1020. The summed E-state index contributed by atoms with van der Waals surface area (Å²) in [5.74, 6) is -5.96. The third kappa shape index (κ3) is 11.1. The molecule has 1 saturated heterocycles. The SMILES string of the molecule is C/C=C(\CN=CN)C[C@@H]1NC(=O)[C@@H](CO)NC(=O)[C@H](CO)NC(=O)[C@H](CO)NC(=O)[C@H](C(C)C)NC(=O)CNC1=O. The van der Waals surface area contributed by atoms with E-state index < -0.39 is 97.9 Å². The number of carbonyl (C=O) groups is 6. The fourth-order valence-electron chi connectivity index (χ4n) is 3.63. The van der Waals surface area contributed by atoms with Crippen molar-refractivity contribution in [1.82, 2.24) is 31.9 Å². The molecule has 5 atom stereocenters. The van der Waals surface area contributed by atoms with Crippen LogP contribution in [0.15, 0.2) is 16.6 Å². The molecule has 0 aliphatic carbocycles. The van der Waals surface area contributed by atoms with Crippen molar-refractivity contribution in [2.75, 3.05) is 32.9 Å². The smallest absolute Gasteiger partial charge is 0.245 e. The first-order valence-corrected chi connectivity index (χ1v) is 12.9. The summed E-state index contributed by atoms with van der Waals surface area (Å²) in [4.78, 5) is 80.8. The van der Waals surface area contributed by atoms with Crippen molar-refractivity contribution in [3.63, 3.8) is 0 Å². The Balaban J connectivity index is 3.41. The van der Waals surface area contributed by atoms with Gasteiger partial charge in [-0.2, -0.15) is 0 Å². The predicted molar refractivity (Wildman–Crippen MR) is 145 cm³/mol. The Hall–Kier alpha value is -4.09. The van der Waals surface area contributed by atoms with E-state index in [1.54, 1.807) is 26.8 Å². The molecule has 0 spiro atoms. The van der Waals surface area contributed by atoms with E-state index in [1.165, 1.54) is 0 Å². The molecule has 11 N–H and O–H groups in total. The Morgan fingerprint density at radius 1 is 0.805 bits per heavy atom. The second-order valence-electron chi connectivity index (χ2n) is 9.44. The number of nitrogens with zero attached hydrogens (tertiary/aromatic N) is 1. The first-order valence-electron chi connectivity index (χ1n) is 12.9. The van der Waals surface area contributed by atoms with Crippen LogP contribution in [0.3, 0.4) is 0 Å². The van der Waals surface area contributed by atoms with Crippen molar-refractivity contribution >= 4 is 41.8 Å². The number of rotatable bonds is 8. The number of amides is 6. The van der Waals surface area contributed by atoms with Gasteiger partial charge >= 0.3 is 0 Å². The molecule has 0 unspecified atom stereocenters. The van der Waals surface area contributed by atoms with Crippen LogP contribution in [-0.2, 0) is 28.8 Å². The summed E-state index contributed by atoms with van der Waals surface area (Å²) in [6, 6.07) is -7.29. The number of aliphatic imine (C=N–C) groups is 1. The number of nitrogens with one attached hydrogen (secondary N) is 6. The zero-order valence-electron chi connectivity index (χ0n) is 23.2. The van der Waals surface area contributed by atoms with Crippen LogP contribution in [0, 0.1) is 5.92 Å². The van der Waals surface area contributed by atoms with E-state index in [0.29, 0.717) is 5.57 Å². The maximum absolute atomic E-state index is 13.0. The average Bonchev–Trinajstić information content (AvgIpc) is 2.94. The van der Waals surface area contributed by atoms with Gasteiger partial charge in [0.05, 0.1) is 39.2 Å². The molecule has 1 rings (SSSR count). The van der Waals surface area contributed by atoms with Crippen LogP contribution in [0.2, 0.25) is 0 Å². The molecular formula is C24H40N8O9. The van der Waals surface area contributed by atoms with Gasteiger partial charge in [-0.05, 0) is 19.3 Å². The number of hydrogen-bond acceptors (Lipinski definition) is 10. The molecule has 0 radical (unpaired) electrons. The van der Waals surface area contributed by atoms with Gasteiger partial charge in [-0.1, -0.05) is 25.5 Å². The van der Waals surface area contributed by atoms with Crippen molar-refractivity contribution in [3.8, 4) is 0 Å². The average molecular weight is 585 g/mol. The molecule has 1 fully saturated rings. The normalized spacial score (nSPS) is 26.3. The molecular weight excluding hydrogens is 544 g/mol. The molecule has 17 nitrogen and oxygen atoms in total. The predicted octanol–water partition coefficient (Wildman–Crippen LogP) is -5.50. The van der Waals surface area contributed by atoms with E-state index in [9.17, 15) is 44.1 Å². The number of allylic oxidation sites excluding steroid dienone is 1. The topological polar surface area (TPSA) is 274 Å². The molecule has 41 heavy (non-hydrogen) atoms. The highest BCUT2D eigenvalue weighted by Crippen LogP contribution is 2.08. The lowest BCUT2D eigenvalue weighted by molar-refractivity contribution is -0.137. The molecule has 0 aromatic carbocycles. The van der Waals surface area contributed by atoms with Gasteiger partial charge in [0.2, 0.25) is 35.4 Å². The summed E-state index contributed by atoms with van der Waals surface area (Å²) < 4.78 is 0. The first-order chi connectivity index (χ1) is 19.4. The Morgan fingerprint density at radius 2 is 1.27 bits per heavy atom. The number of hydrogen-bond donors (Lipinski definition) is 10. The van der Waals surface area contributed by atoms with Crippen LogP contribution in [-0.4, -0.2) is 120 Å². The highest BCUT2D eigenvalue weighted by Gasteiger charge is 2.33. The van der Waals surface area contributed by atoms with Gasteiger partial charge in [0.15, 0.2) is 0 Å². The highest BCUT2D eigenvalue weighted by molar-refractivity contribution is 5.97. The Morgan fingerprint density at radius 3 is 1.68 bits per heavy atom. The molecule has 0 saturated carbocycles. The molecule has 1 aliphatic heterocycles. The molecule has 0 bridgehead atoms. The summed E-state index contributed by atoms with van der Waals surface area (Å²) >= 11 is 0. The van der Waals surface area contributed by atoms with E-state index in [1.807, 2.05) is 0 Å². The second-order valence-corrected chi connectivity index (χ2v) is 9.44. The van der Waals surface area contributed by atoms with Gasteiger partial charge in [-0.3, -0.25) is 33.8 Å². The fraction of sp³-hybridized carbons (Fsp3) is 0.625. The number of aliphatic hydroxyl groups is 3. The monoisotopic (exact) mass is 584 g/mol. The maximum Gasteiger partial charge on any atom is 0.245 e. The van der Waals surface area contributed by atoms with Gasteiger partial charge in [0.1, 0.15) is 30.2 Å². The highest BCUT2D eigenvalue weighted by atomic mass is 16.3. The van der Waals surface area contributed by atoms with Gasteiger partial charge < -0.3 is 53.0 Å². The van der Waals surface area contributed by atoms with Crippen molar-refractivity contribution in [2.24, 2.45) is 16.6 Å². The summed E-state index contributed by atoms with van der Waals surface area (Å²) in [6.45, 7) is 1.67. The van der Waals surface area contributed by atoms with Gasteiger partial charge in [-0.15, -0.1) is 0 Å². The third-order valence-electron chi connectivity index (χ3n) is 6.04. The maximum atomic E-state index is 13.0. The van der Waals surface area contributed by atoms with Crippen molar-refractivity contribution < 1.29 is 44.1 Å². The van der Waals surface area contributed by atoms with Gasteiger partial charge in [0, 0.05) is 0 Å². The van der Waals surface area contributed by atoms with Gasteiger partial charge in [-0.25, -0.2) is 0 Å². The fourth-order valence-corrected chi connectivity index (χ4v) is 3.63. The molecule has 1 heterocycles. The lowest BCUT2D eigenvalue weighted by atomic mass is 10.0. The van der Waals surface area contributed by atoms with E-state index in [0.717, 1.165) is 6.34 Å². The van der Waals surface area contributed by atoms with Crippen molar-refractivity contribution in [3.05, 3.63) is 11.6 Å². The standard InChI is InChI=1S/C24H40N8O9/c1-4-13(6-26-11-25)5-14-20(37)27-7-18(36)32-19(12(2)3)24(41)31-17(10-35)23(40)30-16(9-34)22(39)29-15(8-33)21(38)28-14/h4,11-12,14-17,19,33-35H,5-10H2,1-3H3,(H2,25,26)(H,27,37)(H,28,38)(H,29,39)(H,30,40)(H,31,41)(H,32,36)/b13-4-/t14-,15+,16-,17-,19-/m0/s1. The molecule has 17 heteroatoms. The van der Waals surface area contributed by atoms with Crippen LogP contribution >= 0.6 is 0 Å². The lowest BCUT2D eigenvalue weighted by Crippen LogP contribution is -2.62. The quantitative estimate of drug-likeness (QED) is 0.0734. The van der Waals surface area contributed by atoms with Crippen LogP contribution in [0.5, 0.6) is 0 Å².